The Balaban J connectivity index is 2.02. The highest BCUT2D eigenvalue weighted by Gasteiger charge is 2.13. The first-order chi connectivity index (χ1) is 8.70. The van der Waals surface area contributed by atoms with Crippen molar-refractivity contribution in [3.63, 3.8) is 0 Å². The van der Waals surface area contributed by atoms with E-state index in [0.717, 1.165) is 11.3 Å². The third-order valence-corrected chi connectivity index (χ3v) is 2.81. The number of aromatic nitrogens is 2. The zero-order chi connectivity index (χ0) is 13.0. The van der Waals surface area contributed by atoms with E-state index in [2.05, 4.69) is 10.3 Å². The van der Waals surface area contributed by atoms with E-state index < -0.39 is 0 Å². The zero-order valence-corrected chi connectivity index (χ0v) is 10.2. The largest absolute Gasteiger partial charge is 0.326 e. The Kier molecular flexibility index (Phi) is 3.74. The normalized spacial score (nSPS) is 12.1. The van der Waals surface area contributed by atoms with Crippen molar-refractivity contribution in [1.82, 2.24) is 9.55 Å². The molecule has 5 nitrogen and oxygen atoms in total. The van der Waals surface area contributed by atoms with Crippen molar-refractivity contribution >= 4 is 11.6 Å². The second-order valence-corrected chi connectivity index (χ2v) is 4.08. The van der Waals surface area contributed by atoms with Gasteiger partial charge in [-0.2, -0.15) is 0 Å². The second kappa shape index (κ2) is 5.46. The van der Waals surface area contributed by atoms with Gasteiger partial charge in [-0.15, -0.1) is 0 Å². The summed E-state index contributed by atoms with van der Waals surface area (Å²) in [6, 6.07) is 7.21. The van der Waals surface area contributed by atoms with E-state index >= 15 is 0 Å². The molecule has 2 aromatic rings. The lowest BCUT2D eigenvalue weighted by Gasteiger charge is -2.13. The van der Waals surface area contributed by atoms with Gasteiger partial charge in [-0.25, -0.2) is 4.98 Å². The van der Waals surface area contributed by atoms with Crippen LogP contribution < -0.4 is 11.1 Å². The molecule has 1 amide bonds. The summed E-state index contributed by atoms with van der Waals surface area (Å²) in [6.07, 6.45) is 5.04. The molecule has 0 fully saturated rings. The van der Waals surface area contributed by atoms with E-state index in [9.17, 15) is 4.79 Å². The Morgan fingerprint density at radius 2 is 2.17 bits per heavy atom. The van der Waals surface area contributed by atoms with Crippen molar-refractivity contribution in [2.75, 3.05) is 5.32 Å². The first kappa shape index (κ1) is 12.3. The molecule has 0 aliphatic rings. The van der Waals surface area contributed by atoms with E-state index in [-0.39, 0.29) is 11.9 Å². The molecule has 0 aliphatic heterocycles. The number of hydrogen-bond donors (Lipinski definition) is 2. The van der Waals surface area contributed by atoms with E-state index in [0.29, 0.717) is 6.54 Å². The highest BCUT2D eigenvalue weighted by Crippen LogP contribution is 2.12. The summed E-state index contributed by atoms with van der Waals surface area (Å²) in [6.45, 7) is 2.32. The summed E-state index contributed by atoms with van der Waals surface area (Å²) in [4.78, 5) is 15.9. The smallest absolute Gasteiger partial charge is 0.247 e. The van der Waals surface area contributed by atoms with Crippen LogP contribution in [0.3, 0.4) is 0 Å². The van der Waals surface area contributed by atoms with E-state index in [1.807, 2.05) is 31.2 Å². The third-order valence-electron chi connectivity index (χ3n) is 2.81. The Morgan fingerprint density at radius 3 is 2.72 bits per heavy atom. The van der Waals surface area contributed by atoms with E-state index in [1.165, 1.54) is 0 Å². The first-order valence-corrected chi connectivity index (χ1v) is 5.78. The van der Waals surface area contributed by atoms with Gasteiger partial charge in [-0.3, -0.25) is 4.79 Å². The minimum atomic E-state index is -0.290. The maximum absolute atomic E-state index is 12.0. The Bertz CT molecular complexity index is 504. The Hall–Kier alpha value is -2.14. The highest BCUT2D eigenvalue weighted by atomic mass is 16.2. The number of amides is 1. The lowest BCUT2D eigenvalue weighted by atomic mass is 10.2. The monoisotopic (exact) mass is 244 g/mol. The van der Waals surface area contributed by atoms with Crippen LogP contribution in [0.4, 0.5) is 5.69 Å². The average Bonchev–Trinajstić information content (AvgIpc) is 2.92. The van der Waals surface area contributed by atoms with Gasteiger partial charge in [0.1, 0.15) is 6.04 Å². The third kappa shape index (κ3) is 2.75. The maximum atomic E-state index is 12.0. The molecule has 1 aromatic heterocycles. The molecule has 1 unspecified atom stereocenters. The number of nitrogens with zero attached hydrogens (tertiary/aromatic N) is 2. The van der Waals surface area contributed by atoms with Crippen molar-refractivity contribution in [2.45, 2.75) is 19.5 Å². The SMILES string of the molecule is CC(C(=O)Nc1ccc(CN)cc1)n1ccnc1. The zero-order valence-electron chi connectivity index (χ0n) is 10.2. The van der Waals surface area contributed by atoms with Crippen LogP contribution in [-0.4, -0.2) is 15.5 Å². The quantitative estimate of drug-likeness (QED) is 0.856. The number of rotatable bonds is 4. The van der Waals surface area contributed by atoms with E-state index in [4.69, 9.17) is 5.73 Å². The van der Waals surface area contributed by atoms with Crippen LogP contribution in [0, 0.1) is 0 Å². The standard InChI is InChI=1S/C13H16N4O/c1-10(17-7-6-15-9-17)13(18)16-12-4-2-11(8-14)3-5-12/h2-7,9-10H,8,14H2,1H3,(H,16,18). The van der Waals surface area contributed by atoms with Gasteiger partial charge in [0.05, 0.1) is 6.33 Å². The maximum Gasteiger partial charge on any atom is 0.247 e. The molecular weight excluding hydrogens is 228 g/mol. The molecule has 94 valence electrons. The summed E-state index contributed by atoms with van der Waals surface area (Å²) in [5.74, 6) is -0.0755. The molecule has 3 N–H and O–H groups in total. The average molecular weight is 244 g/mol. The van der Waals surface area contributed by atoms with Crippen LogP contribution >= 0.6 is 0 Å². The Labute approximate surface area is 106 Å². The number of hydrogen-bond acceptors (Lipinski definition) is 3. The first-order valence-electron chi connectivity index (χ1n) is 5.78. The topological polar surface area (TPSA) is 72.9 Å². The molecule has 0 radical (unpaired) electrons. The fourth-order valence-corrected chi connectivity index (χ4v) is 1.60. The number of nitrogens with one attached hydrogen (secondary N) is 1. The van der Waals surface area contributed by atoms with E-state index in [1.54, 1.807) is 23.3 Å². The predicted octanol–water partition coefficient (Wildman–Crippen LogP) is 1.54. The van der Waals surface area contributed by atoms with Crippen LogP contribution in [0.2, 0.25) is 0 Å². The number of carbonyl (C=O) groups excluding carboxylic acids is 1. The van der Waals surface area contributed by atoms with Crippen LogP contribution in [-0.2, 0) is 11.3 Å². The molecule has 0 aliphatic carbocycles. The van der Waals surface area contributed by atoms with Crippen LogP contribution in [0.1, 0.15) is 18.5 Å². The molecule has 0 saturated carbocycles. The number of imidazole rings is 1. The minimum Gasteiger partial charge on any atom is -0.326 e. The van der Waals surface area contributed by atoms with Gasteiger partial charge in [0.15, 0.2) is 0 Å². The van der Waals surface area contributed by atoms with Gasteiger partial charge in [0.25, 0.3) is 0 Å². The molecule has 5 heteroatoms. The molecule has 0 spiro atoms. The second-order valence-electron chi connectivity index (χ2n) is 4.08. The van der Waals surface area contributed by atoms with Gasteiger partial charge in [-0.1, -0.05) is 12.1 Å². The molecule has 1 aromatic carbocycles. The molecule has 1 heterocycles. The molecule has 1 atom stereocenters. The fraction of sp³-hybridized carbons (Fsp3) is 0.231. The lowest BCUT2D eigenvalue weighted by molar-refractivity contribution is -0.118. The number of carbonyl (C=O) groups is 1. The minimum absolute atomic E-state index is 0.0755. The molecule has 0 saturated heterocycles. The van der Waals surface area contributed by atoms with Crippen LogP contribution in [0.25, 0.3) is 0 Å². The molecular formula is C13H16N4O. The van der Waals surface area contributed by atoms with Crippen molar-refractivity contribution in [3.05, 3.63) is 48.5 Å². The van der Waals surface area contributed by atoms with Gasteiger partial charge < -0.3 is 15.6 Å². The van der Waals surface area contributed by atoms with Gasteiger partial charge in [-0.05, 0) is 24.6 Å². The summed E-state index contributed by atoms with van der Waals surface area (Å²) >= 11 is 0. The van der Waals surface area contributed by atoms with Crippen LogP contribution in [0.5, 0.6) is 0 Å². The molecule has 0 bridgehead atoms. The Morgan fingerprint density at radius 1 is 1.44 bits per heavy atom. The summed E-state index contributed by atoms with van der Waals surface area (Å²) in [7, 11) is 0. The number of anilines is 1. The number of nitrogens with two attached hydrogens (primary N) is 1. The van der Waals surface area contributed by atoms with Crippen molar-refractivity contribution in [1.29, 1.82) is 0 Å². The van der Waals surface area contributed by atoms with Crippen molar-refractivity contribution in [3.8, 4) is 0 Å². The molecule has 18 heavy (non-hydrogen) atoms. The fourth-order valence-electron chi connectivity index (χ4n) is 1.60. The van der Waals surface area contributed by atoms with Gasteiger partial charge >= 0.3 is 0 Å². The van der Waals surface area contributed by atoms with Gasteiger partial charge in [0, 0.05) is 24.6 Å². The number of benzene rings is 1. The summed E-state index contributed by atoms with van der Waals surface area (Å²) in [5.41, 5.74) is 7.32. The highest BCUT2D eigenvalue weighted by molar-refractivity contribution is 5.93. The summed E-state index contributed by atoms with van der Waals surface area (Å²) < 4.78 is 1.75. The van der Waals surface area contributed by atoms with Crippen molar-refractivity contribution in [2.24, 2.45) is 5.73 Å². The van der Waals surface area contributed by atoms with Crippen molar-refractivity contribution < 1.29 is 4.79 Å². The van der Waals surface area contributed by atoms with Gasteiger partial charge in [0.2, 0.25) is 5.91 Å². The lowest BCUT2D eigenvalue weighted by Crippen LogP contribution is -2.22. The predicted molar refractivity (Wildman–Crippen MR) is 69.9 cm³/mol. The van der Waals surface area contributed by atoms with Crippen LogP contribution in [0.15, 0.2) is 43.0 Å². The molecule has 2 rings (SSSR count). The summed E-state index contributed by atoms with van der Waals surface area (Å²) in [5, 5.41) is 2.85.